The van der Waals surface area contributed by atoms with E-state index in [4.69, 9.17) is 0 Å². The highest BCUT2D eigenvalue weighted by Gasteiger charge is 2.62. The molecule has 128 valence electrons. The second-order valence-electron chi connectivity index (χ2n) is 9.13. The molecule has 1 unspecified atom stereocenters. The van der Waals surface area contributed by atoms with Gasteiger partial charge in [-0.25, -0.2) is 0 Å². The third-order valence-corrected chi connectivity index (χ3v) is 9.40. The quantitative estimate of drug-likeness (QED) is 0.538. The van der Waals surface area contributed by atoms with Crippen LogP contribution in [0.3, 0.4) is 0 Å². The van der Waals surface area contributed by atoms with Crippen LogP contribution in [0, 0.1) is 0 Å². The van der Waals surface area contributed by atoms with Crippen LogP contribution in [0.25, 0.3) is 0 Å². The zero-order chi connectivity index (χ0) is 17.6. The highest BCUT2D eigenvalue weighted by Crippen LogP contribution is 2.76. The van der Waals surface area contributed by atoms with E-state index in [-0.39, 0.29) is 13.3 Å². The molecule has 0 saturated heterocycles. The van der Waals surface area contributed by atoms with Gasteiger partial charge < -0.3 is 0 Å². The molecule has 0 N–H and O–H groups in total. The van der Waals surface area contributed by atoms with Crippen LogP contribution in [0.15, 0.2) is 60.7 Å². The molecule has 1 atom stereocenters. The topological polar surface area (TPSA) is 0 Å². The summed E-state index contributed by atoms with van der Waals surface area (Å²) in [6, 6.07) is 22.4. The summed E-state index contributed by atoms with van der Waals surface area (Å²) in [5.41, 5.74) is 3.98. The second-order valence-corrected chi connectivity index (χ2v) is 13.2. The Hall–Kier alpha value is -1.13. The molecule has 1 aliphatic rings. The molecule has 1 aliphatic carbocycles. The zero-order valence-corrected chi connectivity index (χ0v) is 16.9. The smallest absolute Gasteiger partial charge is 0.0277 e. The summed E-state index contributed by atoms with van der Waals surface area (Å²) < 4.78 is 0. The maximum atomic E-state index is 2.45. The Morgan fingerprint density at radius 2 is 1.08 bits per heavy atom. The van der Waals surface area contributed by atoms with Gasteiger partial charge in [0.05, 0.1) is 0 Å². The van der Waals surface area contributed by atoms with Crippen LogP contribution in [0.5, 0.6) is 0 Å². The lowest BCUT2D eigenvalue weighted by atomic mass is 9.88. The maximum absolute atomic E-state index is 2.45. The Balaban J connectivity index is 2.11. The first-order chi connectivity index (χ1) is 11.2. The van der Waals surface area contributed by atoms with Gasteiger partial charge in [-0.05, 0) is 33.5 Å². The van der Waals surface area contributed by atoms with Gasteiger partial charge in [0.2, 0.25) is 0 Å². The molecule has 0 amide bonds. The first kappa shape index (κ1) is 17.7. The van der Waals surface area contributed by atoms with Gasteiger partial charge in [-0.15, -0.1) is 0 Å². The lowest BCUT2D eigenvalue weighted by Crippen LogP contribution is -2.30. The van der Waals surface area contributed by atoms with E-state index >= 15 is 0 Å². The van der Waals surface area contributed by atoms with E-state index in [0.29, 0.717) is 10.3 Å². The fourth-order valence-corrected chi connectivity index (χ4v) is 9.85. The average molecular weight is 338 g/mol. The van der Waals surface area contributed by atoms with Gasteiger partial charge in [-0.3, -0.25) is 0 Å². The van der Waals surface area contributed by atoms with Crippen molar-refractivity contribution < 1.29 is 0 Å². The predicted octanol–water partition coefficient (Wildman–Crippen LogP) is 6.82. The van der Waals surface area contributed by atoms with Gasteiger partial charge in [0, 0.05) is 5.41 Å². The molecular formula is C23H31P. The Labute approximate surface area is 149 Å². The molecule has 1 fully saturated rings. The summed E-state index contributed by atoms with van der Waals surface area (Å²) in [6.45, 7) is 14.7. The molecule has 2 aromatic carbocycles. The van der Waals surface area contributed by atoms with Crippen molar-refractivity contribution in [3.63, 3.8) is 0 Å². The third kappa shape index (κ3) is 3.06. The molecule has 3 rings (SSSR count). The minimum atomic E-state index is -0.126. The Morgan fingerprint density at radius 1 is 0.708 bits per heavy atom. The van der Waals surface area contributed by atoms with Gasteiger partial charge in [0.25, 0.3) is 0 Å². The van der Waals surface area contributed by atoms with Gasteiger partial charge in [0.15, 0.2) is 0 Å². The fourth-order valence-electron chi connectivity index (χ4n) is 4.76. The Bertz CT molecular complexity index is 620. The molecule has 1 heteroatoms. The van der Waals surface area contributed by atoms with Crippen LogP contribution in [0.1, 0.15) is 59.1 Å². The monoisotopic (exact) mass is 338 g/mol. The zero-order valence-electron chi connectivity index (χ0n) is 16.0. The SMILES string of the molecule is CC(C)(C)P(C1CC1(c1ccccc1)c1ccccc1)C(C)(C)C. The van der Waals surface area contributed by atoms with Crippen LogP contribution < -0.4 is 0 Å². The number of hydrogen-bond acceptors (Lipinski definition) is 0. The van der Waals surface area contributed by atoms with Crippen LogP contribution >= 0.6 is 7.92 Å². The summed E-state index contributed by atoms with van der Waals surface area (Å²) in [4.78, 5) is 0. The van der Waals surface area contributed by atoms with Gasteiger partial charge in [-0.1, -0.05) is 110 Å². The molecular weight excluding hydrogens is 307 g/mol. The van der Waals surface area contributed by atoms with Crippen molar-refractivity contribution in [1.82, 2.24) is 0 Å². The van der Waals surface area contributed by atoms with E-state index in [0.717, 1.165) is 5.66 Å². The van der Waals surface area contributed by atoms with E-state index in [1.165, 1.54) is 17.5 Å². The first-order valence-electron chi connectivity index (χ1n) is 9.08. The van der Waals surface area contributed by atoms with Crippen molar-refractivity contribution in [2.45, 2.75) is 69.3 Å². The van der Waals surface area contributed by atoms with E-state index in [1.807, 2.05) is 0 Å². The third-order valence-electron chi connectivity index (χ3n) is 5.26. The Morgan fingerprint density at radius 3 is 1.42 bits per heavy atom. The molecule has 0 spiro atoms. The van der Waals surface area contributed by atoms with Gasteiger partial charge in [-0.2, -0.15) is 0 Å². The molecule has 0 aliphatic heterocycles. The van der Waals surface area contributed by atoms with E-state index in [1.54, 1.807) is 0 Å². The molecule has 0 bridgehead atoms. The second kappa shape index (κ2) is 5.99. The molecule has 1 saturated carbocycles. The average Bonchev–Trinajstić information content (AvgIpc) is 3.22. The minimum Gasteiger partial charge on any atom is -0.0912 e. The van der Waals surface area contributed by atoms with E-state index in [2.05, 4.69) is 102 Å². The predicted molar refractivity (Wildman–Crippen MR) is 108 cm³/mol. The summed E-state index contributed by atoms with van der Waals surface area (Å²) in [7, 11) is -0.126. The number of rotatable bonds is 3. The number of hydrogen-bond donors (Lipinski definition) is 0. The molecule has 0 aromatic heterocycles. The Kier molecular flexibility index (Phi) is 4.42. The van der Waals surface area contributed by atoms with E-state index < -0.39 is 0 Å². The molecule has 0 nitrogen and oxygen atoms in total. The summed E-state index contributed by atoms with van der Waals surface area (Å²) >= 11 is 0. The summed E-state index contributed by atoms with van der Waals surface area (Å²) in [6.07, 6.45) is 1.29. The van der Waals surface area contributed by atoms with Crippen molar-refractivity contribution in [1.29, 1.82) is 0 Å². The maximum Gasteiger partial charge on any atom is 0.0277 e. The summed E-state index contributed by atoms with van der Waals surface area (Å²) in [5.74, 6) is 0. The van der Waals surface area contributed by atoms with Crippen molar-refractivity contribution in [3.8, 4) is 0 Å². The number of benzene rings is 2. The lowest BCUT2D eigenvalue weighted by molar-refractivity contribution is 0.695. The van der Waals surface area contributed by atoms with Crippen LogP contribution in [0.4, 0.5) is 0 Å². The van der Waals surface area contributed by atoms with Gasteiger partial charge in [0.1, 0.15) is 0 Å². The molecule has 0 heterocycles. The van der Waals surface area contributed by atoms with Crippen molar-refractivity contribution in [3.05, 3.63) is 71.8 Å². The normalized spacial score (nSPS) is 20.2. The van der Waals surface area contributed by atoms with Crippen molar-refractivity contribution in [2.24, 2.45) is 0 Å². The van der Waals surface area contributed by atoms with Crippen molar-refractivity contribution in [2.75, 3.05) is 0 Å². The molecule has 24 heavy (non-hydrogen) atoms. The van der Waals surface area contributed by atoms with E-state index in [9.17, 15) is 0 Å². The summed E-state index contributed by atoms with van der Waals surface area (Å²) in [5, 5.41) is 0.729. The highest BCUT2D eigenvalue weighted by atomic mass is 31.1. The van der Waals surface area contributed by atoms with Crippen molar-refractivity contribution >= 4 is 7.92 Å². The van der Waals surface area contributed by atoms with Crippen LogP contribution in [0.2, 0.25) is 0 Å². The first-order valence-corrected chi connectivity index (χ1v) is 10.5. The molecule has 0 radical (unpaired) electrons. The largest absolute Gasteiger partial charge is 0.0912 e. The van der Waals surface area contributed by atoms with Crippen LogP contribution in [-0.4, -0.2) is 16.0 Å². The lowest BCUT2D eigenvalue weighted by Gasteiger charge is -2.43. The molecule has 2 aromatic rings. The highest BCUT2D eigenvalue weighted by molar-refractivity contribution is 7.62. The standard InChI is InChI=1S/C23H31P/c1-21(2,3)24(22(4,5)6)20-17-23(20,18-13-9-7-10-14-18)19-15-11-8-12-16-19/h7-16,20H,17H2,1-6H3. The van der Waals surface area contributed by atoms with Gasteiger partial charge >= 0.3 is 0 Å². The van der Waals surface area contributed by atoms with Crippen LogP contribution in [-0.2, 0) is 5.41 Å². The minimum absolute atomic E-state index is 0.126. The fraction of sp³-hybridized carbons (Fsp3) is 0.478.